The summed E-state index contributed by atoms with van der Waals surface area (Å²) in [5.74, 6) is 0.676. The van der Waals surface area contributed by atoms with Crippen molar-refractivity contribution in [3.05, 3.63) is 24.5 Å². The average Bonchev–Trinajstić information content (AvgIpc) is 2.03. The van der Waals surface area contributed by atoms with Crippen LogP contribution in [0.25, 0.3) is 0 Å². The molecule has 0 aliphatic heterocycles. The predicted octanol–water partition coefficient (Wildman–Crippen LogP) is 2.15. The molecular weight excluding hydrogens is 136 g/mol. The molecule has 0 saturated heterocycles. The van der Waals surface area contributed by atoms with Crippen LogP contribution in [0.15, 0.2) is 24.5 Å². The largest absolute Gasteiger partial charge is 0.384 e. The fraction of sp³-hybridized carbons (Fsp3) is 0.444. The second kappa shape index (κ2) is 3.96. The van der Waals surface area contributed by atoms with Crippen LogP contribution < -0.4 is 5.32 Å². The molecule has 0 amide bonds. The van der Waals surface area contributed by atoms with Crippen molar-refractivity contribution >= 4 is 5.69 Å². The minimum absolute atomic E-state index is 0.676. The molecule has 2 nitrogen and oxygen atoms in total. The highest BCUT2D eigenvalue weighted by molar-refractivity contribution is 5.39. The number of pyridine rings is 1. The van der Waals surface area contributed by atoms with Gasteiger partial charge in [0.25, 0.3) is 0 Å². The van der Waals surface area contributed by atoms with E-state index >= 15 is 0 Å². The van der Waals surface area contributed by atoms with Crippen molar-refractivity contribution in [3.63, 3.8) is 0 Å². The standard InChI is InChI=1S/C9H14N2/c1-8(2)6-11-9-4-3-5-10-7-9/h3-5,7-8,11H,6H2,1-2H3. The monoisotopic (exact) mass is 150 g/mol. The van der Waals surface area contributed by atoms with E-state index in [1.807, 2.05) is 18.3 Å². The molecule has 0 spiro atoms. The second-order valence-electron chi connectivity index (χ2n) is 3.02. The van der Waals surface area contributed by atoms with Gasteiger partial charge in [0.1, 0.15) is 0 Å². The lowest BCUT2D eigenvalue weighted by Gasteiger charge is -2.07. The molecule has 11 heavy (non-hydrogen) atoms. The quantitative estimate of drug-likeness (QED) is 0.714. The Morgan fingerprint density at radius 2 is 2.36 bits per heavy atom. The zero-order valence-corrected chi connectivity index (χ0v) is 7.04. The Labute approximate surface area is 67.7 Å². The van der Waals surface area contributed by atoms with E-state index in [9.17, 15) is 0 Å². The molecule has 0 radical (unpaired) electrons. The summed E-state index contributed by atoms with van der Waals surface area (Å²) in [5, 5.41) is 3.28. The molecule has 1 aromatic heterocycles. The molecule has 1 rings (SSSR count). The second-order valence-corrected chi connectivity index (χ2v) is 3.02. The van der Waals surface area contributed by atoms with E-state index in [-0.39, 0.29) is 0 Å². The van der Waals surface area contributed by atoms with Crippen LogP contribution in [0.3, 0.4) is 0 Å². The molecule has 1 aromatic rings. The maximum absolute atomic E-state index is 4.00. The first-order valence-electron chi connectivity index (χ1n) is 3.93. The number of nitrogens with zero attached hydrogens (tertiary/aromatic N) is 1. The highest BCUT2D eigenvalue weighted by atomic mass is 14.9. The molecule has 0 fully saturated rings. The molecule has 0 aliphatic rings. The van der Waals surface area contributed by atoms with E-state index in [0.29, 0.717) is 5.92 Å². The third kappa shape index (κ3) is 3.03. The van der Waals surface area contributed by atoms with Gasteiger partial charge in [0, 0.05) is 18.9 Å². The Kier molecular flexibility index (Phi) is 2.90. The van der Waals surface area contributed by atoms with Crippen LogP contribution in [0.5, 0.6) is 0 Å². The highest BCUT2D eigenvalue weighted by Gasteiger charge is 1.92. The molecule has 1 heterocycles. The lowest BCUT2D eigenvalue weighted by Crippen LogP contribution is -2.07. The fourth-order valence-electron chi connectivity index (χ4n) is 0.789. The Bertz CT molecular complexity index is 194. The molecule has 0 saturated carbocycles. The van der Waals surface area contributed by atoms with E-state index in [1.165, 1.54) is 0 Å². The summed E-state index contributed by atoms with van der Waals surface area (Å²) in [5.41, 5.74) is 1.10. The normalized spacial score (nSPS) is 10.1. The summed E-state index contributed by atoms with van der Waals surface area (Å²) in [6.45, 7) is 5.37. The average molecular weight is 150 g/mol. The smallest absolute Gasteiger partial charge is 0.0526 e. The van der Waals surface area contributed by atoms with E-state index in [0.717, 1.165) is 12.2 Å². The summed E-state index contributed by atoms with van der Waals surface area (Å²) in [4.78, 5) is 4.00. The topological polar surface area (TPSA) is 24.9 Å². The summed E-state index contributed by atoms with van der Waals surface area (Å²) >= 11 is 0. The molecule has 60 valence electrons. The van der Waals surface area contributed by atoms with Crippen LogP contribution >= 0.6 is 0 Å². The lowest BCUT2D eigenvalue weighted by atomic mass is 10.2. The molecule has 0 atom stereocenters. The maximum Gasteiger partial charge on any atom is 0.0526 e. The van der Waals surface area contributed by atoms with Gasteiger partial charge in [-0.3, -0.25) is 4.98 Å². The van der Waals surface area contributed by atoms with Gasteiger partial charge in [-0.1, -0.05) is 13.8 Å². The van der Waals surface area contributed by atoms with Crippen LogP contribution in [0, 0.1) is 5.92 Å². The highest BCUT2D eigenvalue weighted by Crippen LogP contribution is 2.03. The molecule has 2 heteroatoms. The molecular formula is C9H14N2. The lowest BCUT2D eigenvalue weighted by molar-refractivity contribution is 0.688. The SMILES string of the molecule is CC(C)CNc1cccnc1. The Hall–Kier alpha value is -1.05. The van der Waals surface area contributed by atoms with Crippen LogP contribution in [-0.4, -0.2) is 11.5 Å². The van der Waals surface area contributed by atoms with Crippen LogP contribution in [0.2, 0.25) is 0 Å². The number of hydrogen-bond donors (Lipinski definition) is 1. The fourth-order valence-corrected chi connectivity index (χ4v) is 0.789. The number of hydrogen-bond acceptors (Lipinski definition) is 2. The maximum atomic E-state index is 4.00. The van der Waals surface area contributed by atoms with Crippen molar-refractivity contribution in [3.8, 4) is 0 Å². The van der Waals surface area contributed by atoms with E-state index < -0.39 is 0 Å². The summed E-state index contributed by atoms with van der Waals surface area (Å²) in [7, 11) is 0. The van der Waals surface area contributed by atoms with Crippen molar-refractivity contribution in [2.45, 2.75) is 13.8 Å². The Balaban J connectivity index is 2.39. The van der Waals surface area contributed by atoms with Crippen molar-refractivity contribution in [2.24, 2.45) is 5.92 Å². The first kappa shape index (κ1) is 8.05. The van der Waals surface area contributed by atoms with Gasteiger partial charge < -0.3 is 5.32 Å². The van der Waals surface area contributed by atoms with Crippen LogP contribution in [-0.2, 0) is 0 Å². The number of anilines is 1. The van der Waals surface area contributed by atoms with Crippen molar-refractivity contribution in [1.29, 1.82) is 0 Å². The number of rotatable bonds is 3. The minimum atomic E-state index is 0.676. The van der Waals surface area contributed by atoms with E-state index in [1.54, 1.807) is 6.20 Å². The molecule has 0 aromatic carbocycles. The molecule has 0 bridgehead atoms. The Morgan fingerprint density at radius 3 is 2.91 bits per heavy atom. The van der Waals surface area contributed by atoms with Gasteiger partial charge in [0.05, 0.1) is 5.69 Å². The van der Waals surface area contributed by atoms with Crippen molar-refractivity contribution < 1.29 is 0 Å². The summed E-state index contributed by atoms with van der Waals surface area (Å²) in [6.07, 6.45) is 3.61. The van der Waals surface area contributed by atoms with Gasteiger partial charge >= 0.3 is 0 Å². The minimum Gasteiger partial charge on any atom is -0.384 e. The summed E-state index contributed by atoms with van der Waals surface area (Å²) in [6, 6.07) is 3.96. The van der Waals surface area contributed by atoms with Gasteiger partial charge in [-0.25, -0.2) is 0 Å². The van der Waals surface area contributed by atoms with Gasteiger partial charge in [-0.2, -0.15) is 0 Å². The van der Waals surface area contributed by atoms with Crippen LogP contribution in [0.1, 0.15) is 13.8 Å². The molecule has 0 aliphatic carbocycles. The van der Waals surface area contributed by atoms with Gasteiger partial charge in [0.15, 0.2) is 0 Å². The Morgan fingerprint density at radius 1 is 1.55 bits per heavy atom. The first-order chi connectivity index (χ1) is 5.29. The van der Waals surface area contributed by atoms with Gasteiger partial charge in [-0.15, -0.1) is 0 Å². The van der Waals surface area contributed by atoms with Crippen molar-refractivity contribution in [1.82, 2.24) is 4.98 Å². The zero-order chi connectivity index (χ0) is 8.10. The van der Waals surface area contributed by atoms with Crippen LogP contribution in [0.4, 0.5) is 5.69 Å². The van der Waals surface area contributed by atoms with Gasteiger partial charge in [0.2, 0.25) is 0 Å². The predicted molar refractivity (Wildman–Crippen MR) is 47.6 cm³/mol. The molecule has 1 N–H and O–H groups in total. The summed E-state index contributed by atoms with van der Waals surface area (Å²) < 4.78 is 0. The number of nitrogens with one attached hydrogen (secondary N) is 1. The first-order valence-corrected chi connectivity index (χ1v) is 3.93. The van der Waals surface area contributed by atoms with Gasteiger partial charge in [-0.05, 0) is 18.1 Å². The van der Waals surface area contributed by atoms with Crippen molar-refractivity contribution in [2.75, 3.05) is 11.9 Å². The number of aromatic nitrogens is 1. The molecule has 0 unspecified atom stereocenters. The zero-order valence-electron chi connectivity index (χ0n) is 7.04. The van der Waals surface area contributed by atoms with E-state index in [4.69, 9.17) is 0 Å². The van der Waals surface area contributed by atoms with E-state index in [2.05, 4.69) is 24.1 Å². The third-order valence-corrected chi connectivity index (χ3v) is 1.38. The third-order valence-electron chi connectivity index (χ3n) is 1.38.